The van der Waals surface area contributed by atoms with Crippen LogP contribution in [0.3, 0.4) is 0 Å². The van der Waals surface area contributed by atoms with E-state index in [4.69, 9.17) is 0 Å². The van der Waals surface area contributed by atoms with Gasteiger partial charge in [0.15, 0.2) is 0 Å². The molecular weight excluding hydrogens is 248 g/mol. The second kappa shape index (κ2) is 6.69. The van der Waals surface area contributed by atoms with Crippen LogP contribution in [0.4, 0.5) is 0 Å². The van der Waals surface area contributed by atoms with E-state index >= 15 is 0 Å². The summed E-state index contributed by atoms with van der Waals surface area (Å²) in [5, 5.41) is 12.4. The fraction of sp³-hybridized carbons (Fsp3) is 0.900. The molecule has 0 aromatic heterocycles. The molecule has 2 aliphatic heterocycles. The quantitative estimate of drug-likeness (QED) is 0.707. The fourth-order valence-electron chi connectivity index (χ4n) is 2.09. The number of halogens is 1. The minimum absolute atomic E-state index is 0. The van der Waals surface area contributed by atoms with Gasteiger partial charge in [-0.15, -0.1) is 12.4 Å². The lowest BCUT2D eigenvalue weighted by Crippen LogP contribution is -2.44. The number of nitrogens with zero attached hydrogens (tertiary/aromatic N) is 1. The zero-order valence-electron chi connectivity index (χ0n) is 9.22. The van der Waals surface area contributed by atoms with Crippen LogP contribution in [0.25, 0.3) is 0 Å². The zero-order valence-corrected chi connectivity index (χ0v) is 10.9. The van der Waals surface area contributed by atoms with Gasteiger partial charge in [0.05, 0.1) is 12.1 Å². The van der Waals surface area contributed by atoms with E-state index in [-0.39, 0.29) is 30.5 Å². The molecule has 6 heteroatoms. The molecule has 0 aromatic carbocycles. The molecule has 2 aliphatic rings. The SMILES string of the molecule is Cl.O=C([C@H]1C[C@@H](O)CN1)N1CCCSCC1. The number of hydrogen-bond acceptors (Lipinski definition) is 4. The lowest BCUT2D eigenvalue weighted by Gasteiger charge is -2.23. The Morgan fingerprint density at radius 2 is 2.19 bits per heavy atom. The number of β-amino-alcohol motifs (C(OH)–C–C–N with tert-alkyl or cyclic N) is 1. The predicted octanol–water partition coefficient (Wildman–Crippen LogP) is 0.0965. The van der Waals surface area contributed by atoms with Crippen molar-refractivity contribution in [1.82, 2.24) is 10.2 Å². The number of amides is 1. The van der Waals surface area contributed by atoms with Crippen molar-refractivity contribution >= 4 is 30.1 Å². The van der Waals surface area contributed by atoms with Crippen LogP contribution in [0, 0.1) is 0 Å². The van der Waals surface area contributed by atoms with E-state index in [1.807, 2.05) is 16.7 Å². The van der Waals surface area contributed by atoms with Gasteiger partial charge in [0.25, 0.3) is 0 Å². The van der Waals surface area contributed by atoms with E-state index in [0.29, 0.717) is 13.0 Å². The zero-order chi connectivity index (χ0) is 10.7. The molecular formula is C10H19ClN2O2S. The van der Waals surface area contributed by atoms with Gasteiger partial charge in [-0.2, -0.15) is 11.8 Å². The molecule has 0 unspecified atom stereocenters. The molecule has 2 saturated heterocycles. The highest BCUT2D eigenvalue weighted by atomic mass is 35.5. The standard InChI is InChI=1S/C10H18N2O2S.ClH/c13-8-6-9(11-7-8)10(14)12-2-1-4-15-5-3-12;/h8-9,11,13H,1-7H2;1H/t8-,9-;/m1./s1. The van der Waals surface area contributed by atoms with E-state index < -0.39 is 0 Å². The van der Waals surface area contributed by atoms with Crippen molar-refractivity contribution < 1.29 is 9.90 Å². The molecule has 0 radical (unpaired) electrons. The normalized spacial score (nSPS) is 30.7. The van der Waals surface area contributed by atoms with E-state index in [0.717, 1.165) is 31.0 Å². The van der Waals surface area contributed by atoms with Crippen molar-refractivity contribution in [3.63, 3.8) is 0 Å². The highest BCUT2D eigenvalue weighted by molar-refractivity contribution is 7.99. The van der Waals surface area contributed by atoms with Gasteiger partial charge in [-0.05, 0) is 18.6 Å². The molecule has 2 fully saturated rings. The summed E-state index contributed by atoms with van der Waals surface area (Å²) in [6.45, 7) is 2.29. The van der Waals surface area contributed by atoms with Crippen molar-refractivity contribution in [1.29, 1.82) is 0 Å². The van der Waals surface area contributed by atoms with Gasteiger partial charge in [0.1, 0.15) is 0 Å². The summed E-state index contributed by atoms with van der Waals surface area (Å²) in [6, 6.07) is -0.150. The average molecular weight is 267 g/mol. The summed E-state index contributed by atoms with van der Waals surface area (Å²) < 4.78 is 0. The van der Waals surface area contributed by atoms with E-state index in [9.17, 15) is 9.90 Å². The molecule has 1 amide bonds. The van der Waals surface area contributed by atoms with Crippen molar-refractivity contribution in [2.75, 3.05) is 31.1 Å². The van der Waals surface area contributed by atoms with E-state index in [1.54, 1.807) is 0 Å². The van der Waals surface area contributed by atoms with Crippen LogP contribution in [0.1, 0.15) is 12.8 Å². The maximum atomic E-state index is 12.0. The van der Waals surface area contributed by atoms with Crippen LogP contribution in [-0.4, -0.2) is 59.2 Å². The first-order chi connectivity index (χ1) is 7.27. The number of aliphatic hydroxyl groups excluding tert-OH is 1. The number of aliphatic hydroxyl groups is 1. The maximum absolute atomic E-state index is 12.0. The molecule has 16 heavy (non-hydrogen) atoms. The summed E-state index contributed by atoms with van der Waals surface area (Å²) in [7, 11) is 0. The third-order valence-electron chi connectivity index (χ3n) is 2.94. The van der Waals surface area contributed by atoms with Gasteiger partial charge in [0.2, 0.25) is 5.91 Å². The first kappa shape index (κ1) is 14.1. The number of rotatable bonds is 1. The number of thioether (sulfide) groups is 1. The molecule has 0 bridgehead atoms. The van der Waals surface area contributed by atoms with Crippen LogP contribution >= 0.6 is 24.2 Å². The van der Waals surface area contributed by atoms with Gasteiger partial charge >= 0.3 is 0 Å². The van der Waals surface area contributed by atoms with Gasteiger partial charge in [-0.25, -0.2) is 0 Å². The molecule has 0 saturated carbocycles. The predicted molar refractivity (Wildman–Crippen MR) is 68.2 cm³/mol. The number of carbonyl (C=O) groups excluding carboxylic acids is 1. The Morgan fingerprint density at radius 3 is 2.88 bits per heavy atom. The van der Waals surface area contributed by atoms with Gasteiger partial charge in [-0.3, -0.25) is 4.79 Å². The van der Waals surface area contributed by atoms with E-state index in [1.165, 1.54) is 0 Å². The Balaban J connectivity index is 0.00000128. The van der Waals surface area contributed by atoms with Gasteiger partial charge in [-0.1, -0.05) is 0 Å². The summed E-state index contributed by atoms with van der Waals surface area (Å²) >= 11 is 1.92. The fourth-order valence-corrected chi connectivity index (χ4v) is 2.98. The highest BCUT2D eigenvalue weighted by Gasteiger charge is 2.31. The topological polar surface area (TPSA) is 52.6 Å². The molecule has 2 rings (SSSR count). The van der Waals surface area contributed by atoms with E-state index in [2.05, 4.69) is 5.32 Å². The maximum Gasteiger partial charge on any atom is 0.239 e. The Morgan fingerprint density at radius 1 is 1.38 bits per heavy atom. The van der Waals surface area contributed by atoms with Crippen LogP contribution in [0.2, 0.25) is 0 Å². The number of carbonyl (C=O) groups is 1. The second-order valence-corrected chi connectivity index (χ2v) is 5.37. The van der Waals surface area contributed by atoms with Gasteiger partial charge < -0.3 is 15.3 Å². The monoisotopic (exact) mass is 266 g/mol. The van der Waals surface area contributed by atoms with Crippen LogP contribution in [0.15, 0.2) is 0 Å². The minimum Gasteiger partial charge on any atom is -0.392 e. The van der Waals surface area contributed by atoms with Crippen molar-refractivity contribution in [3.05, 3.63) is 0 Å². The summed E-state index contributed by atoms with van der Waals surface area (Å²) in [5.74, 6) is 2.37. The highest BCUT2D eigenvalue weighted by Crippen LogP contribution is 2.14. The van der Waals surface area contributed by atoms with Crippen LogP contribution in [0.5, 0.6) is 0 Å². The molecule has 0 aromatic rings. The molecule has 2 atom stereocenters. The summed E-state index contributed by atoms with van der Waals surface area (Å²) in [4.78, 5) is 14.0. The third-order valence-corrected chi connectivity index (χ3v) is 3.99. The Labute approximate surface area is 107 Å². The van der Waals surface area contributed by atoms with Crippen molar-refractivity contribution in [2.45, 2.75) is 25.0 Å². The third kappa shape index (κ3) is 3.52. The largest absolute Gasteiger partial charge is 0.392 e. The van der Waals surface area contributed by atoms with Crippen LogP contribution in [-0.2, 0) is 4.79 Å². The lowest BCUT2D eigenvalue weighted by atomic mass is 10.2. The first-order valence-electron chi connectivity index (χ1n) is 5.55. The Bertz CT molecular complexity index is 235. The number of hydrogen-bond donors (Lipinski definition) is 2. The van der Waals surface area contributed by atoms with Crippen molar-refractivity contribution in [3.8, 4) is 0 Å². The molecule has 0 spiro atoms. The average Bonchev–Trinajstić information content (AvgIpc) is 2.53. The number of nitrogens with one attached hydrogen (secondary N) is 1. The van der Waals surface area contributed by atoms with Crippen LogP contribution < -0.4 is 5.32 Å². The Hall–Kier alpha value is 0.0300. The molecule has 0 aliphatic carbocycles. The molecule has 4 nitrogen and oxygen atoms in total. The minimum atomic E-state index is -0.347. The lowest BCUT2D eigenvalue weighted by molar-refractivity contribution is -0.132. The Kier molecular flexibility index (Phi) is 5.89. The molecule has 2 heterocycles. The molecule has 2 N–H and O–H groups in total. The summed E-state index contributed by atoms with van der Waals surface area (Å²) in [6.07, 6.45) is 1.31. The molecule has 94 valence electrons. The second-order valence-electron chi connectivity index (χ2n) is 4.14. The van der Waals surface area contributed by atoms with Crippen molar-refractivity contribution in [2.24, 2.45) is 0 Å². The summed E-state index contributed by atoms with van der Waals surface area (Å²) in [5.41, 5.74) is 0. The first-order valence-corrected chi connectivity index (χ1v) is 6.71. The van der Waals surface area contributed by atoms with Gasteiger partial charge in [0, 0.05) is 25.4 Å². The smallest absolute Gasteiger partial charge is 0.239 e.